The summed E-state index contributed by atoms with van der Waals surface area (Å²) in [4.78, 5) is 48.5. The fraction of sp³-hybridized carbons (Fsp3) is 0.206. The van der Waals surface area contributed by atoms with Gasteiger partial charge in [0.05, 0.1) is 11.1 Å². The second-order valence-electron chi connectivity index (χ2n) is 11.3. The van der Waals surface area contributed by atoms with E-state index in [0.29, 0.717) is 53.9 Å². The topological polar surface area (TPSA) is 103 Å². The summed E-state index contributed by atoms with van der Waals surface area (Å²) in [5.74, 6) is -1.09. The van der Waals surface area contributed by atoms with Crippen molar-refractivity contribution >= 4 is 45.2 Å². The third-order valence-electron chi connectivity index (χ3n) is 8.70. The first-order chi connectivity index (χ1) is 20.8. The minimum absolute atomic E-state index is 0.0251. The summed E-state index contributed by atoms with van der Waals surface area (Å²) in [5.41, 5.74) is 11.8. The first kappa shape index (κ1) is 26.9. The van der Waals surface area contributed by atoms with E-state index in [-0.39, 0.29) is 17.6 Å². The van der Waals surface area contributed by atoms with Crippen LogP contribution in [0.5, 0.6) is 0 Å². The number of anilines is 1. The second kappa shape index (κ2) is 10.4. The van der Waals surface area contributed by atoms with Gasteiger partial charge in [-0.15, -0.1) is 0 Å². The molecule has 0 aliphatic carbocycles. The minimum Gasteiger partial charge on any atom is -0.366 e. The number of primary amides is 1. The molecule has 0 spiro atoms. The number of hydrogen-bond donors (Lipinski definition) is 2. The highest BCUT2D eigenvalue weighted by molar-refractivity contribution is 6.20. The normalized spacial score (nSPS) is 15.7. The molecule has 216 valence electrons. The van der Waals surface area contributed by atoms with Gasteiger partial charge in [0.1, 0.15) is 5.82 Å². The Morgan fingerprint density at radius 2 is 1.63 bits per heavy atom. The van der Waals surface area contributed by atoms with Crippen molar-refractivity contribution in [3.63, 3.8) is 0 Å². The lowest BCUT2D eigenvalue weighted by Gasteiger charge is -2.32. The van der Waals surface area contributed by atoms with Crippen LogP contribution < -0.4 is 10.6 Å². The number of H-pyrrole nitrogens is 1. The van der Waals surface area contributed by atoms with E-state index in [1.807, 2.05) is 54.4 Å². The second-order valence-corrected chi connectivity index (χ2v) is 11.3. The molecular formula is C34H30FN5O3. The summed E-state index contributed by atoms with van der Waals surface area (Å²) >= 11 is 0. The van der Waals surface area contributed by atoms with Crippen LogP contribution in [0.2, 0.25) is 0 Å². The zero-order valence-corrected chi connectivity index (χ0v) is 23.7. The Balaban J connectivity index is 1.32. The summed E-state index contributed by atoms with van der Waals surface area (Å²) in [6.07, 6.45) is 0.673. The van der Waals surface area contributed by atoms with E-state index in [4.69, 9.17) is 5.73 Å². The Bertz CT molecular complexity index is 1940. The number of aromatic amines is 1. The number of carbonyl (C=O) groups excluding carboxylic acids is 3. The van der Waals surface area contributed by atoms with Crippen LogP contribution in [-0.4, -0.2) is 72.3 Å². The van der Waals surface area contributed by atoms with Crippen molar-refractivity contribution in [2.24, 2.45) is 5.73 Å². The van der Waals surface area contributed by atoms with Crippen LogP contribution in [0.1, 0.15) is 36.6 Å². The Morgan fingerprint density at radius 3 is 2.37 bits per heavy atom. The van der Waals surface area contributed by atoms with Crippen molar-refractivity contribution in [1.82, 2.24) is 14.8 Å². The Kier molecular flexibility index (Phi) is 6.47. The molecule has 43 heavy (non-hydrogen) atoms. The molecule has 9 heteroatoms. The molecule has 7 rings (SSSR count). The SMILES string of the molecule is CN1CCN(C(=O)c2ccc3c(c2)[nH]c2c(C(N)=O)ccc(-c4ccc5c(c4)C(=O)N(c4ccc(F)cc4)CC5)c23)CC1. The number of nitrogens with two attached hydrogens (primary N) is 1. The number of hydrogen-bond acceptors (Lipinski definition) is 4. The molecule has 8 nitrogen and oxygen atoms in total. The average Bonchev–Trinajstić information content (AvgIpc) is 3.40. The van der Waals surface area contributed by atoms with Crippen molar-refractivity contribution in [2.45, 2.75) is 6.42 Å². The van der Waals surface area contributed by atoms with Crippen molar-refractivity contribution in [3.05, 3.63) is 101 Å². The standard InChI is InChI=1S/C34H30FN5O3/c1-38-14-16-39(17-15-38)33(42)22-4-9-26-29(19-22)37-31-27(32(36)41)11-10-25(30(26)31)21-3-2-20-12-13-40(34(43)28(20)18-21)24-7-5-23(35)6-8-24/h2-11,18-19,37H,12-17H2,1H3,(H2,36,41). The zero-order valence-electron chi connectivity index (χ0n) is 23.7. The number of amides is 3. The quantitative estimate of drug-likeness (QED) is 0.321. The van der Waals surface area contributed by atoms with Crippen molar-refractivity contribution in [1.29, 1.82) is 0 Å². The first-order valence-electron chi connectivity index (χ1n) is 14.4. The lowest BCUT2D eigenvalue weighted by molar-refractivity contribution is 0.0664. The number of rotatable bonds is 4. The Hall–Kier alpha value is -5.02. The number of carbonyl (C=O) groups is 3. The van der Waals surface area contributed by atoms with Crippen molar-refractivity contribution in [2.75, 3.05) is 44.7 Å². The number of piperazine rings is 1. The van der Waals surface area contributed by atoms with Crippen LogP contribution in [0.4, 0.5) is 10.1 Å². The van der Waals surface area contributed by atoms with E-state index in [2.05, 4.69) is 9.88 Å². The maximum absolute atomic E-state index is 13.6. The molecule has 2 aliphatic rings. The molecule has 0 unspecified atom stereocenters. The molecule has 2 aliphatic heterocycles. The Morgan fingerprint density at radius 1 is 0.860 bits per heavy atom. The first-order valence-corrected chi connectivity index (χ1v) is 14.4. The number of nitrogens with zero attached hydrogens (tertiary/aromatic N) is 3. The van der Waals surface area contributed by atoms with E-state index in [0.717, 1.165) is 46.1 Å². The lowest BCUT2D eigenvalue weighted by Crippen LogP contribution is -2.47. The van der Waals surface area contributed by atoms with Gasteiger partial charge < -0.3 is 25.4 Å². The number of halogens is 1. The van der Waals surface area contributed by atoms with Gasteiger partial charge in [0.2, 0.25) is 0 Å². The van der Waals surface area contributed by atoms with Gasteiger partial charge in [0.25, 0.3) is 17.7 Å². The molecule has 0 saturated carbocycles. The molecular weight excluding hydrogens is 545 g/mol. The van der Waals surface area contributed by atoms with Crippen LogP contribution in [0.25, 0.3) is 32.9 Å². The van der Waals surface area contributed by atoms with Gasteiger partial charge in [-0.1, -0.05) is 24.3 Å². The van der Waals surface area contributed by atoms with Gasteiger partial charge in [0, 0.05) is 65.8 Å². The van der Waals surface area contributed by atoms with Crippen LogP contribution in [0.3, 0.4) is 0 Å². The van der Waals surface area contributed by atoms with Crippen molar-refractivity contribution in [3.8, 4) is 11.1 Å². The third-order valence-corrected chi connectivity index (χ3v) is 8.70. The molecule has 1 aromatic heterocycles. The summed E-state index contributed by atoms with van der Waals surface area (Å²) in [7, 11) is 2.05. The highest BCUT2D eigenvalue weighted by atomic mass is 19.1. The van der Waals surface area contributed by atoms with Crippen LogP contribution in [0.15, 0.2) is 72.8 Å². The molecule has 0 radical (unpaired) electrons. The van der Waals surface area contributed by atoms with Crippen LogP contribution in [0, 0.1) is 5.82 Å². The van der Waals surface area contributed by atoms with E-state index in [1.165, 1.54) is 12.1 Å². The number of benzene rings is 4. The van der Waals surface area contributed by atoms with Gasteiger partial charge in [-0.2, -0.15) is 0 Å². The molecule has 1 fully saturated rings. The van der Waals surface area contributed by atoms with Gasteiger partial charge in [-0.05, 0) is 78.7 Å². The van der Waals surface area contributed by atoms with Crippen LogP contribution in [-0.2, 0) is 6.42 Å². The Labute approximate surface area is 247 Å². The summed E-state index contributed by atoms with van der Waals surface area (Å²) in [6, 6.07) is 20.9. The molecule has 0 bridgehead atoms. The maximum Gasteiger partial charge on any atom is 0.258 e. The molecule has 4 aromatic carbocycles. The molecule has 1 saturated heterocycles. The number of aromatic nitrogens is 1. The number of fused-ring (bicyclic) bond motifs is 4. The monoisotopic (exact) mass is 575 g/mol. The predicted octanol–water partition coefficient (Wildman–Crippen LogP) is 4.82. The van der Waals surface area contributed by atoms with E-state index < -0.39 is 5.91 Å². The molecule has 3 N–H and O–H groups in total. The molecule has 3 heterocycles. The van der Waals surface area contributed by atoms with E-state index in [1.54, 1.807) is 23.1 Å². The van der Waals surface area contributed by atoms with Crippen molar-refractivity contribution < 1.29 is 18.8 Å². The van der Waals surface area contributed by atoms with Gasteiger partial charge >= 0.3 is 0 Å². The minimum atomic E-state index is -0.563. The average molecular weight is 576 g/mol. The van der Waals surface area contributed by atoms with E-state index >= 15 is 0 Å². The molecule has 5 aromatic rings. The van der Waals surface area contributed by atoms with Gasteiger partial charge in [0.15, 0.2) is 0 Å². The number of nitrogens with one attached hydrogen (secondary N) is 1. The van der Waals surface area contributed by atoms with Crippen LogP contribution >= 0.6 is 0 Å². The predicted molar refractivity (Wildman–Crippen MR) is 165 cm³/mol. The summed E-state index contributed by atoms with van der Waals surface area (Å²) in [6.45, 7) is 3.51. The highest BCUT2D eigenvalue weighted by Gasteiger charge is 2.27. The largest absolute Gasteiger partial charge is 0.366 e. The van der Waals surface area contributed by atoms with E-state index in [9.17, 15) is 18.8 Å². The summed E-state index contributed by atoms with van der Waals surface area (Å²) < 4.78 is 13.5. The zero-order chi connectivity index (χ0) is 29.8. The maximum atomic E-state index is 13.6. The lowest BCUT2D eigenvalue weighted by atomic mass is 9.91. The third kappa shape index (κ3) is 4.62. The highest BCUT2D eigenvalue weighted by Crippen LogP contribution is 2.38. The molecule has 0 atom stereocenters. The summed E-state index contributed by atoms with van der Waals surface area (Å²) in [5, 5.41) is 1.64. The number of likely N-dealkylation sites (N-methyl/N-ethyl adjacent to an activating group) is 1. The van der Waals surface area contributed by atoms with Gasteiger partial charge in [-0.25, -0.2) is 4.39 Å². The molecule has 3 amide bonds. The van der Waals surface area contributed by atoms with Gasteiger partial charge in [-0.3, -0.25) is 14.4 Å². The fourth-order valence-corrected chi connectivity index (χ4v) is 6.29. The smallest absolute Gasteiger partial charge is 0.258 e. The fourth-order valence-electron chi connectivity index (χ4n) is 6.29.